The van der Waals surface area contributed by atoms with E-state index in [1.54, 1.807) is 13.2 Å². The Morgan fingerprint density at radius 3 is 3.08 bits per heavy atom. The molecule has 128 valence electrons. The first kappa shape index (κ1) is 15.4. The van der Waals surface area contributed by atoms with E-state index in [2.05, 4.69) is 26.4 Å². The Morgan fingerprint density at radius 1 is 1.46 bits per heavy atom. The summed E-state index contributed by atoms with van der Waals surface area (Å²) in [6.07, 6.45) is 5.72. The highest BCUT2D eigenvalue weighted by atomic mass is 16.5. The van der Waals surface area contributed by atoms with Crippen molar-refractivity contribution in [2.45, 2.75) is 25.0 Å². The summed E-state index contributed by atoms with van der Waals surface area (Å²) in [5, 5.41) is 0. The zero-order chi connectivity index (χ0) is 16.7. The lowest BCUT2D eigenvalue weighted by molar-refractivity contribution is -0.0842. The van der Waals surface area contributed by atoms with Crippen molar-refractivity contribution < 1.29 is 9.47 Å². The molecule has 0 spiro atoms. The van der Waals surface area contributed by atoms with Crippen molar-refractivity contribution in [2.75, 3.05) is 32.1 Å². The van der Waals surface area contributed by atoms with Crippen molar-refractivity contribution in [3.05, 3.63) is 25.2 Å². The summed E-state index contributed by atoms with van der Waals surface area (Å²) in [7, 11) is 3.46. The lowest BCUT2D eigenvalue weighted by Crippen LogP contribution is -2.61. The van der Waals surface area contributed by atoms with Crippen molar-refractivity contribution in [3.8, 4) is 5.88 Å². The van der Waals surface area contributed by atoms with E-state index in [-0.39, 0.29) is 6.10 Å². The monoisotopic (exact) mass is 329 g/mol. The molecule has 3 aliphatic heterocycles. The lowest BCUT2D eigenvalue weighted by atomic mass is 9.64. The molecule has 1 aromatic heterocycles. The van der Waals surface area contributed by atoms with Gasteiger partial charge in [0.1, 0.15) is 18.2 Å². The zero-order valence-corrected chi connectivity index (χ0v) is 14.1. The summed E-state index contributed by atoms with van der Waals surface area (Å²) < 4.78 is 11.5. The molecule has 0 radical (unpaired) electrons. The molecule has 5 rings (SSSR count). The van der Waals surface area contributed by atoms with Crippen LogP contribution in [0.1, 0.15) is 12.8 Å². The largest absolute Gasteiger partial charge is 0.481 e. The van der Waals surface area contributed by atoms with Gasteiger partial charge in [-0.15, -0.1) is 0 Å². The molecule has 0 amide bonds. The van der Waals surface area contributed by atoms with Gasteiger partial charge in [-0.2, -0.15) is 0 Å². The Hall–Kier alpha value is -2.15. The van der Waals surface area contributed by atoms with Gasteiger partial charge < -0.3 is 9.47 Å². The summed E-state index contributed by atoms with van der Waals surface area (Å²) in [5.74, 6) is 2.64. The van der Waals surface area contributed by atoms with Gasteiger partial charge in [-0.25, -0.2) is 15.0 Å². The number of anilines is 1. The third kappa shape index (κ3) is 2.43. The van der Waals surface area contributed by atoms with Gasteiger partial charge in [0.15, 0.2) is 0 Å². The first-order valence-corrected chi connectivity index (χ1v) is 8.40. The van der Waals surface area contributed by atoms with Gasteiger partial charge in [-0.05, 0) is 25.3 Å². The number of nitrogens with zero attached hydrogens (tertiary/aromatic N) is 5. The Bertz CT molecular complexity index is 658. The van der Waals surface area contributed by atoms with Crippen molar-refractivity contribution in [2.24, 2.45) is 16.8 Å². The first-order valence-electron chi connectivity index (χ1n) is 8.40. The van der Waals surface area contributed by atoms with Crippen LogP contribution in [0, 0.1) is 11.8 Å². The molecule has 1 aliphatic carbocycles. The number of ether oxygens (including phenoxy) is 2. The van der Waals surface area contributed by atoms with Crippen LogP contribution in [0.4, 0.5) is 5.82 Å². The van der Waals surface area contributed by atoms with E-state index in [9.17, 15) is 0 Å². The molecule has 4 aliphatic rings. The third-order valence-electron chi connectivity index (χ3n) is 5.59. The van der Waals surface area contributed by atoms with Crippen molar-refractivity contribution in [1.82, 2.24) is 14.9 Å². The molecule has 3 saturated heterocycles. The van der Waals surface area contributed by atoms with Gasteiger partial charge in [0.2, 0.25) is 5.88 Å². The van der Waals surface area contributed by atoms with Gasteiger partial charge in [0, 0.05) is 37.8 Å². The topological polar surface area (TPSA) is 63.1 Å². The molecule has 1 saturated carbocycles. The van der Waals surface area contributed by atoms with E-state index in [4.69, 9.17) is 9.47 Å². The summed E-state index contributed by atoms with van der Waals surface area (Å²) in [4.78, 5) is 17.0. The summed E-state index contributed by atoms with van der Waals surface area (Å²) in [6, 6.07) is 3.08. The Balaban J connectivity index is 1.52. The molecule has 4 bridgehead atoms. The predicted octanol–water partition coefficient (Wildman–Crippen LogP) is 1.53. The molecule has 0 N–H and O–H groups in total. The number of amidine groups is 1. The number of rotatable bonds is 4. The van der Waals surface area contributed by atoms with Crippen LogP contribution in [0.5, 0.6) is 5.88 Å². The number of piperidine rings is 2. The van der Waals surface area contributed by atoms with E-state index in [0.29, 0.717) is 23.6 Å². The molecular formula is C17H23N5O2. The number of methoxy groups -OCH3 is 1. The standard InChI is InChI=1S/C17H23N5O2/c1-4-18-17(21(2)15-8-16(23-3)20-10-19-15)24-14-9-22-6-5-11-12(14)7-13(11)22/h4,8,10-14H,1,5-7,9H2,2-3H3. The maximum absolute atomic E-state index is 6.31. The van der Waals surface area contributed by atoms with E-state index < -0.39 is 0 Å². The maximum Gasteiger partial charge on any atom is 0.297 e. The quantitative estimate of drug-likeness (QED) is 0.617. The summed E-state index contributed by atoms with van der Waals surface area (Å²) >= 11 is 0. The SMILES string of the molecule is C=CN=C(OC1CN2CCC3C1CC32)N(C)c1cc(OC)ncn1. The normalized spacial score (nSPS) is 33.6. The van der Waals surface area contributed by atoms with Crippen LogP contribution in [0.3, 0.4) is 0 Å². The van der Waals surface area contributed by atoms with Crippen molar-refractivity contribution in [1.29, 1.82) is 0 Å². The van der Waals surface area contributed by atoms with Crippen LogP contribution in [0.25, 0.3) is 0 Å². The molecular weight excluding hydrogens is 306 g/mol. The van der Waals surface area contributed by atoms with Gasteiger partial charge in [0.05, 0.1) is 7.11 Å². The van der Waals surface area contributed by atoms with Crippen molar-refractivity contribution in [3.63, 3.8) is 0 Å². The van der Waals surface area contributed by atoms with E-state index in [1.807, 2.05) is 11.9 Å². The number of hydrogen-bond acceptors (Lipinski definition) is 6. The highest BCUT2D eigenvalue weighted by Crippen LogP contribution is 2.51. The fraction of sp³-hybridized carbons (Fsp3) is 0.588. The summed E-state index contributed by atoms with van der Waals surface area (Å²) in [6.45, 7) is 5.91. The molecule has 5 atom stereocenters. The second-order valence-corrected chi connectivity index (χ2v) is 6.64. The Morgan fingerprint density at radius 2 is 2.33 bits per heavy atom. The van der Waals surface area contributed by atoms with Crippen LogP contribution in [-0.4, -0.2) is 60.3 Å². The number of aromatic nitrogens is 2. The predicted molar refractivity (Wildman–Crippen MR) is 91.1 cm³/mol. The van der Waals surface area contributed by atoms with Crippen LogP contribution in [0.2, 0.25) is 0 Å². The Labute approximate surface area is 142 Å². The van der Waals surface area contributed by atoms with Crippen LogP contribution >= 0.6 is 0 Å². The average Bonchev–Trinajstić information content (AvgIpc) is 2.82. The van der Waals surface area contributed by atoms with E-state index in [0.717, 1.165) is 18.5 Å². The minimum atomic E-state index is 0.187. The average molecular weight is 329 g/mol. The van der Waals surface area contributed by atoms with Crippen LogP contribution < -0.4 is 9.64 Å². The second kappa shape index (κ2) is 6.05. The van der Waals surface area contributed by atoms with Gasteiger partial charge in [0.25, 0.3) is 6.02 Å². The van der Waals surface area contributed by atoms with Gasteiger partial charge >= 0.3 is 0 Å². The number of fused-ring (bicyclic) bond motifs is 1. The van der Waals surface area contributed by atoms with E-state index >= 15 is 0 Å². The minimum Gasteiger partial charge on any atom is -0.481 e. The van der Waals surface area contributed by atoms with E-state index in [1.165, 1.54) is 31.9 Å². The maximum atomic E-state index is 6.31. The molecule has 4 fully saturated rings. The zero-order valence-electron chi connectivity index (χ0n) is 14.1. The molecule has 1 aromatic rings. The molecule has 4 heterocycles. The first-order chi connectivity index (χ1) is 11.7. The Kier molecular flexibility index (Phi) is 3.88. The molecule has 0 aromatic carbocycles. The van der Waals surface area contributed by atoms with Gasteiger partial charge in [-0.1, -0.05) is 6.58 Å². The molecule has 7 heteroatoms. The molecule has 7 nitrogen and oxygen atoms in total. The second-order valence-electron chi connectivity index (χ2n) is 6.64. The summed E-state index contributed by atoms with van der Waals surface area (Å²) in [5.41, 5.74) is 0. The molecule has 24 heavy (non-hydrogen) atoms. The number of hydrogen-bond donors (Lipinski definition) is 0. The molecule has 5 unspecified atom stereocenters. The third-order valence-corrected chi connectivity index (χ3v) is 5.59. The fourth-order valence-corrected chi connectivity index (χ4v) is 4.30. The number of aliphatic imine (C=N–C) groups is 1. The smallest absolute Gasteiger partial charge is 0.297 e. The van der Waals surface area contributed by atoms with Crippen molar-refractivity contribution >= 4 is 11.8 Å². The highest BCUT2D eigenvalue weighted by Gasteiger charge is 2.57. The minimum absolute atomic E-state index is 0.187. The highest BCUT2D eigenvalue weighted by molar-refractivity contribution is 5.90. The van der Waals surface area contributed by atoms with Gasteiger partial charge in [-0.3, -0.25) is 9.80 Å². The fourth-order valence-electron chi connectivity index (χ4n) is 4.30. The van der Waals surface area contributed by atoms with Crippen LogP contribution in [-0.2, 0) is 4.74 Å². The van der Waals surface area contributed by atoms with Crippen LogP contribution in [0.15, 0.2) is 30.2 Å². The lowest BCUT2D eigenvalue weighted by Gasteiger charge is -2.53.